The molecule has 0 heterocycles. The van der Waals surface area contributed by atoms with E-state index in [1.54, 1.807) is 7.11 Å². The van der Waals surface area contributed by atoms with E-state index in [2.05, 4.69) is 19.1 Å². The van der Waals surface area contributed by atoms with Crippen LogP contribution < -0.4 is 10.5 Å². The fourth-order valence-corrected chi connectivity index (χ4v) is 1.42. The number of unbranched alkanes of at least 4 members (excludes halogenated alkanes) is 1. The Balaban J connectivity index is 2.72. The summed E-state index contributed by atoms with van der Waals surface area (Å²) in [6, 6.07) is 8.11. The van der Waals surface area contributed by atoms with Gasteiger partial charge in [-0.1, -0.05) is 18.2 Å². The third-order valence-corrected chi connectivity index (χ3v) is 2.38. The van der Waals surface area contributed by atoms with Crippen molar-refractivity contribution < 1.29 is 4.74 Å². The second-order valence-corrected chi connectivity index (χ2v) is 3.55. The first-order valence-corrected chi connectivity index (χ1v) is 5.29. The molecule has 0 saturated carbocycles. The van der Waals surface area contributed by atoms with Crippen molar-refractivity contribution in [3.63, 3.8) is 0 Å². The van der Waals surface area contributed by atoms with Gasteiger partial charge in [0.05, 0.1) is 7.11 Å². The van der Waals surface area contributed by atoms with Gasteiger partial charge >= 0.3 is 0 Å². The van der Waals surface area contributed by atoms with Gasteiger partial charge in [0.2, 0.25) is 0 Å². The molecule has 0 amide bonds. The molecule has 2 N–H and O–H groups in total. The molecule has 0 unspecified atom stereocenters. The standard InChI is InChI=1S/C13H19NO/c1-11(6-3-4-9-14)12-7-5-8-13(10-12)15-2/h5-8,10H,3-4,9,14H2,1-2H3/b11-6+. The molecule has 0 aromatic heterocycles. The lowest BCUT2D eigenvalue weighted by molar-refractivity contribution is 0.414. The van der Waals surface area contributed by atoms with Crippen molar-refractivity contribution in [3.05, 3.63) is 35.9 Å². The molecule has 2 heteroatoms. The highest BCUT2D eigenvalue weighted by atomic mass is 16.5. The summed E-state index contributed by atoms with van der Waals surface area (Å²) in [6.45, 7) is 2.87. The lowest BCUT2D eigenvalue weighted by atomic mass is 10.1. The van der Waals surface area contributed by atoms with E-state index in [1.165, 1.54) is 11.1 Å². The van der Waals surface area contributed by atoms with E-state index in [9.17, 15) is 0 Å². The molecule has 0 bridgehead atoms. The second-order valence-electron chi connectivity index (χ2n) is 3.55. The molecule has 0 aliphatic heterocycles. The van der Waals surface area contributed by atoms with Crippen molar-refractivity contribution in [1.29, 1.82) is 0 Å². The Kier molecular flexibility index (Phi) is 4.91. The highest BCUT2D eigenvalue weighted by molar-refractivity contribution is 5.64. The first-order chi connectivity index (χ1) is 7.27. The van der Waals surface area contributed by atoms with Crippen molar-refractivity contribution in [3.8, 4) is 5.75 Å². The van der Waals surface area contributed by atoms with Crippen LogP contribution >= 0.6 is 0 Å². The minimum absolute atomic E-state index is 0.752. The summed E-state index contributed by atoms with van der Waals surface area (Å²) in [5.41, 5.74) is 7.94. The molecular weight excluding hydrogens is 186 g/mol. The number of nitrogens with two attached hydrogens (primary N) is 1. The first-order valence-electron chi connectivity index (χ1n) is 5.29. The Hall–Kier alpha value is -1.28. The fourth-order valence-electron chi connectivity index (χ4n) is 1.42. The quantitative estimate of drug-likeness (QED) is 0.750. The van der Waals surface area contributed by atoms with Crippen LogP contribution in [0, 0.1) is 0 Å². The number of rotatable bonds is 5. The normalized spacial score (nSPS) is 11.5. The Labute approximate surface area is 91.7 Å². The van der Waals surface area contributed by atoms with Gasteiger partial charge in [-0.25, -0.2) is 0 Å². The third-order valence-electron chi connectivity index (χ3n) is 2.38. The van der Waals surface area contributed by atoms with Crippen LogP contribution in [0.1, 0.15) is 25.3 Å². The number of allylic oxidation sites excluding steroid dienone is 2. The number of methoxy groups -OCH3 is 1. The lowest BCUT2D eigenvalue weighted by Crippen LogP contribution is -1.96. The summed E-state index contributed by atoms with van der Waals surface area (Å²) >= 11 is 0. The molecule has 1 aromatic rings. The van der Waals surface area contributed by atoms with Crippen LogP contribution in [0.2, 0.25) is 0 Å². The maximum Gasteiger partial charge on any atom is 0.119 e. The summed E-state index contributed by atoms with van der Waals surface area (Å²) in [6.07, 6.45) is 4.31. The van der Waals surface area contributed by atoms with Crippen LogP contribution in [-0.4, -0.2) is 13.7 Å². The number of hydrogen-bond donors (Lipinski definition) is 1. The van der Waals surface area contributed by atoms with Gasteiger partial charge in [-0.3, -0.25) is 0 Å². The average molecular weight is 205 g/mol. The minimum atomic E-state index is 0.752. The van der Waals surface area contributed by atoms with E-state index in [0.29, 0.717) is 0 Å². The van der Waals surface area contributed by atoms with Crippen molar-refractivity contribution in [2.45, 2.75) is 19.8 Å². The summed E-state index contributed by atoms with van der Waals surface area (Å²) < 4.78 is 5.18. The predicted molar refractivity (Wildman–Crippen MR) is 64.9 cm³/mol. The molecule has 0 atom stereocenters. The van der Waals surface area contributed by atoms with Crippen molar-refractivity contribution in [2.24, 2.45) is 5.73 Å². The van der Waals surface area contributed by atoms with Crippen LogP contribution in [0.5, 0.6) is 5.75 Å². The van der Waals surface area contributed by atoms with Gasteiger partial charge < -0.3 is 10.5 Å². The van der Waals surface area contributed by atoms with Gasteiger partial charge in [0.1, 0.15) is 5.75 Å². The zero-order valence-corrected chi connectivity index (χ0v) is 9.49. The fraction of sp³-hybridized carbons (Fsp3) is 0.385. The van der Waals surface area contributed by atoms with E-state index < -0.39 is 0 Å². The summed E-state index contributed by atoms with van der Waals surface area (Å²) in [5, 5.41) is 0. The number of hydrogen-bond acceptors (Lipinski definition) is 2. The van der Waals surface area contributed by atoms with E-state index in [1.807, 2.05) is 18.2 Å². The van der Waals surface area contributed by atoms with Gasteiger partial charge in [0, 0.05) is 0 Å². The van der Waals surface area contributed by atoms with Gasteiger partial charge in [0.25, 0.3) is 0 Å². The highest BCUT2D eigenvalue weighted by Crippen LogP contribution is 2.20. The van der Waals surface area contributed by atoms with E-state index >= 15 is 0 Å². The van der Waals surface area contributed by atoms with E-state index in [0.717, 1.165) is 25.1 Å². The van der Waals surface area contributed by atoms with Gasteiger partial charge in [-0.2, -0.15) is 0 Å². The average Bonchev–Trinajstić information content (AvgIpc) is 2.29. The van der Waals surface area contributed by atoms with Crippen LogP contribution in [-0.2, 0) is 0 Å². The third kappa shape index (κ3) is 3.76. The van der Waals surface area contributed by atoms with Crippen LogP contribution in [0.3, 0.4) is 0 Å². The maximum absolute atomic E-state index is 5.45. The molecule has 2 nitrogen and oxygen atoms in total. The maximum atomic E-state index is 5.45. The zero-order valence-electron chi connectivity index (χ0n) is 9.49. The summed E-state index contributed by atoms with van der Waals surface area (Å²) in [4.78, 5) is 0. The molecule has 1 rings (SSSR count). The predicted octanol–water partition coefficient (Wildman–Crippen LogP) is 2.84. The molecule has 15 heavy (non-hydrogen) atoms. The lowest BCUT2D eigenvalue weighted by Gasteiger charge is -2.04. The molecule has 0 saturated heterocycles. The Morgan fingerprint density at radius 2 is 2.27 bits per heavy atom. The number of benzene rings is 1. The summed E-state index contributed by atoms with van der Waals surface area (Å²) in [7, 11) is 1.69. The zero-order chi connectivity index (χ0) is 11.1. The van der Waals surface area contributed by atoms with E-state index in [4.69, 9.17) is 10.5 Å². The molecule has 1 aromatic carbocycles. The van der Waals surface area contributed by atoms with Crippen molar-refractivity contribution >= 4 is 5.57 Å². The van der Waals surface area contributed by atoms with Crippen LogP contribution in [0.15, 0.2) is 30.3 Å². The Morgan fingerprint density at radius 3 is 2.93 bits per heavy atom. The van der Waals surface area contributed by atoms with E-state index in [-0.39, 0.29) is 0 Å². The summed E-state index contributed by atoms with van der Waals surface area (Å²) in [5.74, 6) is 0.902. The number of ether oxygens (including phenoxy) is 1. The van der Waals surface area contributed by atoms with Crippen molar-refractivity contribution in [1.82, 2.24) is 0 Å². The van der Waals surface area contributed by atoms with Crippen molar-refractivity contribution in [2.75, 3.05) is 13.7 Å². The minimum Gasteiger partial charge on any atom is -0.497 e. The van der Waals surface area contributed by atoms with Crippen LogP contribution in [0.4, 0.5) is 0 Å². The smallest absolute Gasteiger partial charge is 0.119 e. The van der Waals surface area contributed by atoms with Gasteiger partial charge in [-0.05, 0) is 49.6 Å². The second kappa shape index (κ2) is 6.25. The monoisotopic (exact) mass is 205 g/mol. The Morgan fingerprint density at radius 1 is 1.47 bits per heavy atom. The first kappa shape index (κ1) is 11.8. The van der Waals surface area contributed by atoms with Gasteiger partial charge in [0.15, 0.2) is 0 Å². The molecule has 0 aliphatic carbocycles. The molecule has 82 valence electrons. The molecule has 0 fully saturated rings. The SMILES string of the molecule is COc1cccc(/C(C)=C/CCCN)c1. The molecule has 0 aliphatic rings. The largest absolute Gasteiger partial charge is 0.497 e. The Bertz CT molecular complexity index is 331. The van der Waals surface area contributed by atoms with Gasteiger partial charge in [-0.15, -0.1) is 0 Å². The van der Waals surface area contributed by atoms with Crippen LogP contribution in [0.25, 0.3) is 5.57 Å². The molecule has 0 spiro atoms. The molecular formula is C13H19NO. The topological polar surface area (TPSA) is 35.2 Å². The highest BCUT2D eigenvalue weighted by Gasteiger charge is 1.97. The molecule has 0 radical (unpaired) electrons.